The van der Waals surface area contributed by atoms with Gasteiger partial charge in [-0.05, 0) is 38.8 Å². The molecule has 0 radical (unpaired) electrons. The summed E-state index contributed by atoms with van der Waals surface area (Å²) in [6.45, 7) is 3.88. The van der Waals surface area contributed by atoms with Gasteiger partial charge in [0.15, 0.2) is 0 Å². The standard InChI is InChI=1S/C10H20N2O2S/c13-15(14)12-8-4-10(5-9-12)11-6-2-1-3-7-11/h10,15H,1-9H2. The quantitative estimate of drug-likeness (QED) is 0.703. The van der Waals surface area contributed by atoms with E-state index >= 15 is 0 Å². The first kappa shape index (κ1) is 11.4. The van der Waals surface area contributed by atoms with Gasteiger partial charge in [0.05, 0.1) is 0 Å². The minimum absolute atomic E-state index is 0.636. The second-order valence-electron chi connectivity index (χ2n) is 4.52. The molecule has 0 spiro atoms. The largest absolute Gasteiger partial charge is 0.300 e. The lowest BCUT2D eigenvalue weighted by molar-refractivity contribution is 0.118. The summed E-state index contributed by atoms with van der Waals surface area (Å²) in [5.74, 6) is 0. The number of rotatable bonds is 2. The summed E-state index contributed by atoms with van der Waals surface area (Å²) >= 11 is 0. The lowest BCUT2D eigenvalue weighted by Gasteiger charge is -2.38. The molecule has 2 saturated heterocycles. The summed E-state index contributed by atoms with van der Waals surface area (Å²) in [5.41, 5.74) is 0. The van der Waals surface area contributed by atoms with E-state index in [0.717, 1.165) is 25.9 Å². The average molecular weight is 232 g/mol. The zero-order chi connectivity index (χ0) is 10.7. The van der Waals surface area contributed by atoms with Crippen molar-refractivity contribution >= 4 is 10.9 Å². The van der Waals surface area contributed by atoms with Crippen LogP contribution in [0, 0.1) is 0 Å². The molecular weight excluding hydrogens is 212 g/mol. The molecule has 5 heteroatoms. The molecule has 0 aromatic carbocycles. The Kier molecular flexibility index (Phi) is 3.99. The summed E-state index contributed by atoms with van der Waals surface area (Å²) in [7, 11) is -2.34. The van der Waals surface area contributed by atoms with Crippen LogP contribution in [-0.2, 0) is 10.9 Å². The predicted molar refractivity (Wildman–Crippen MR) is 60.3 cm³/mol. The number of likely N-dealkylation sites (tertiary alicyclic amines) is 1. The van der Waals surface area contributed by atoms with Crippen LogP contribution in [0.1, 0.15) is 32.1 Å². The first-order valence-corrected chi connectivity index (χ1v) is 7.04. The molecule has 2 heterocycles. The van der Waals surface area contributed by atoms with Gasteiger partial charge in [0.25, 0.3) is 0 Å². The van der Waals surface area contributed by atoms with Crippen molar-refractivity contribution in [2.75, 3.05) is 26.2 Å². The normalized spacial score (nSPS) is 27.3. The van der Waals surface area contributed by atoms with Crippen molar-refractivity contribution in [3.8, 4) is 0 Å². The molecule has 0 aromatic rings. The van der Waals surface area contributed by atoms with Crippen LogP contribution in [0.4, 0.5) is 0 Å². The molecule has 2 aliphatic heterocycles. The summed E-state index contributed by atoms with van der Waals surface area (Å²) in [5, 5.41) is 0. The van der Waals surface area contributed by atoms with Gasteiger partial charge in [-0.2, -0.15) is 0 Å². The predicted octanol–water partition coefficient (Wildman–Crippen LogP) is 0.463. The maximum Gasteiger partial charge on any atom is 0.203 e. The van der Waals surface area contributed by atoms with Crippen LogP contribution in [0.2, 0.25) is 0 Å². The van der Waals surface area contributed by atoms with E-state index in [1.807, 2.05) is 0 Å². The van der Waals surface area contributed by atoms with Gasteiger partial charge in [0.1, 0.15) is 0 Å². The van der Waals surface area contributed by atoms with Gasteiger partial charge in [-0.1, -0.05) is 6.42 Å². The van der Waals surface area contributed by atoms with Gasteiger partial charge in [-0.3, -0.25) is 0 Å². The molecule has 15 heavy (non-hydrogen) atoms. The molecule has 2 fully saturated rings. The highest BCUT2D eigenvalue weighted by Gasteiger charge is 2.26. The molecular formula is C10H20N2O2S. The van der Waals surface area contributed by atoms with Crippen molar-refractivity contribution in [1.29, 1.82) is 0 Å². The second-order valence-corrected chi connectivity index (χ2v) is 5.56. The minimum atomic E-state index is -2.34. The van der Waals surface area contributed by atoms with E-state index in [1.165, 1.54) is 32.4 Å². The molecule has 0 saturated carbocycles. The Morgan fingerprint density at radius 1 is 0.867 bits per heavy atom. The van der Waals surface area contributed by atoms with Crippen molar-refractivity contribution in [3.05, 3.63) is 0 Å². The minimum Gasteiger partial charge on any atom is -0.300 e. The van der Waals surface area contributed by atoms with E-state index in [-0.39, 0.29) is 0 Å². The van der Waals surface area contributed by atoms with Crippen LogP contribution < -0.4 is 0 Å². The molecule has 0 aromatic heterocycles. The second kappa shape index (κ2) is 5.27. The fourth-order valence-electron chi connectivity index (χ4n) is 2.66. The van der Waals surface area contributed by atoms with Crippen molar-refractivity contribution in [2.45, 2.75) is 38.1 Å². The highest BCUT2D eigenvalue weighted by molar-refractivity contribution is 7.69. The van der Waals surface area contributed by atoms with Crippen LogP contribution in [0.15, 0.2) is 0 Å². The van der Waals surface area contributed by atoms with Crippen molar-refractivity contribution in [2.24, 2.45) is 0 Å². The van der Waals surface area contributed by atoms with E-state index in [9.17, 15) is 8.42 Å². The zero-order valence-electron chi connectivity index (χ0n) is 9.10. The summed E-state index contributed by atoms with van der Waals surface area (Å²) in [6, 6.07) is 0.636. The Bertz CT molecular complexity index is 259. The molecule has 0 aliphatic carbocycles. The van der Waals surface area contributed by atoms with E-state index < -0.39 is 10.9 Å². The average Bonchev–Trinajstić information content (AvgIpc) is 2.30. The Morgan fingerprint density at radius 2 is 1.47 bits per heavy atom. The highest BCUT2D eigenvalue weighted by Crippen LogP contribution is 2.20. The van der Waals surface area contributed by atoms with Crippen LogP contribution >= 0.6 is 0 Å². The first-order chi connectivity index (χ1) is 7.27. The molecule has 2 rings (SSSR count). The number of hydrogen-bond donors (Lipinski definition) is 1. The molecule has 0 atom stereocenters. The number of thiol groups is 1. The van der Waals surface area contributed by atoms with Crippen molar-refractivity contribution in [1.82, 2.24) is 9.21 Å². The van der Waals surface area contributed by atoms with E-state index in [2.05, 4.69) is 4.90 Å². The third kappa shape index (κ3) is 2.92. The topological polar surface area (TPSA) is 40.6 Å². The summed E-state index contributed by atoms with van der Waals surface area (Å²) in [4.78, 5) is 2.55. The van der Waals surface area contributed by atoms with Crippen molar-refractivity contribution in [3.63, 3.8) is 0 Å². The van der Waals surface area contributed by atoms with Gasteiger partial charge >= 0.3 is 0 Å². The summed E-state index contributed by atoms with van der Waals surface area (Å²) in [6.07, 6.45) is 6.03. The smallest absolute Gasteiger partial charge is 0.203 e. The van der Waals surface area contributed by atoms with E-state index in [0.29, 0.717) is 6.04 Å². The van der Waals surface area contributed by atoms with Crippen LogP contribution in [0.25, 0.3) is 0 Å². The number of piperidine rings is 2. The Balaban J connectivity index is 1.81. The van der Waals surface area contributed by atoms with Crippen LogP contribution in [0.3, 0.4) is 0 Å². The monoisotopic (exact) mass is 232 g/mol. The fourth-order valence-corrected chi connectivity index (χ4v) is 3.22. The molecule has 2 aliphatic rings. The summed E-state index contributed by atoms with van der Waals surface area (Å²) < 4.78 is 23.2. The fraction of sp³-hybridized carbons (Fsp3) is 1.00. The van der Waals surface area contributed by atoms with Crippen LogP contribution in [-0.4, -0.2) is 49.8 Å². The molecule has 0 bridgehead atoms. The third-order valence-corrected chi connectivity index (χ3v) is 4.44. The maximum absolute atomic E-state index is 10.8. The van der Waals surface area contributed by atoms with Gasteiger partial charge in [0, 0.05) is 19.1 Å². The molecule has 0 amide bonds. The Labute approximate surface area is 93.3 Å². The van der Waals surface area contributed by atoms with Gasteiger partial charge in [-0.25, -0.2) is 12.7 Å². The van der Waals surface area contributed by atoms with Crippen molar-refractivity contribution < 1.29 is 8.42 Å². The van der Waals surface area contributed by atoms with E-state index in [1.54, 1.807) is 4.31 Å². The number of hydrogen-bond acceptors (Lipinski definition) is 3. The van der Waals surface area contributed by atoms with Gasteiger partial charge in [0.2, 0.25) is 10.9 Å². The first-order valence-electron chi connectivity index (χ1n) is 5.90. The zero-order valence-corrected chi connectivity index (χ0v) is 9.99. The van der Waals surface area contributed by atoms with Gasteiger partial charge in [-0.15, -0.1) is 0 Å². The Morgan fingerprint density at radius 3 is 2.00 bits per heavy atom. The highest BCUT2D eigenvalue weighted by atomic mass is 32.2. The SMILES string of the molecule is O=[SH](=O)N1CCC(N2CCCCC2)CC1. The Hall–Kier alpha value is -0.130. The molecule has 0 N–H and O–H groups in total. The number of nitrogens with zero attached hydrogens (tertiary/aromatic N) is 2. The molecule has 88 valence electrons. The molecule has 0 unspecified atom stereocenters. The van der Waals surface area contributed by atoms with Gasteiger partial charge < -0.3 is 4.90 Å². The molecule has 4 nitrogen and oxygen atoms in total. The lowest BCUT2D eigenvalue weighted by Crippen LogP contribution is -2.46. The van der Waals surface area contributed by atoms with E-state index in [4.69, 9.17) is 0 Å². The lowest BCUT2D eigenvalue weighted by atomic mass is 10.0. The van der Waals surface area contributed by atoms with Crippen LogP contribution in [0.5, 0.6) is 0 Å². The third-order valence-electron chi connectivity index (χ3n) is 3.58. The maximum atomic E-state index is 10.8.